The van der Waals surface area contributed by atoms with E-state index >= 15 is 0 Å². The van der Waals surface area contributed by atoms with E-state index in [0.717, 1.165) is 133 Å². The van der Waals surface area contributed by atoms with Gasteiger partial charge in [0, 0.05) is 159 Å². The normalized spacial score (nSPS) is 11.4. The van der Waals surface area contributed by atoms with Gasteiger partial charge in [-0.05, 0) is 227 Å². The number of methoxy groups -OCH3 is 2. The van der Waals surface area contributed by atoms with E-state index in [2.05, 4.69) is 222 Å². The number of aryl methyl sites for hydroxylation is 12. The Morgan fingerprint density at radius 1 is 0.531 bits per heavy atom. The number of alkyl halides is 2. The molecular formula is C92H142Br5ClN31NaO8S5. The van der Waals surface area contributed by atoms with Crippen molar-refractivity contribution in [2.75, 3.05) is 117 Å². The summed E-state index contributed by atoms with van der Waals surface area (Å²) in [5, 5.41) is 25.4. The second kappa shape index (κ2) is 65.8. The summed E-state index contributed by atoms with van der Waals surface area (Å²) < 4.78 is 40.7. The number of H-pyrrole nitrogens is 1. The van der Waals surface area contributed by atoms with Crippen molar-refractivity contribution in [3.05, 3.63) is 161 Å². The molecule has 143 heavy (non-hydrogen) atoms. The van der Waals surface area contributed by atoms with Crippen LogP contribution in [-0.4, -0.2) is 241 Å². The molecular weight excluding hydrogens is 2290 g/mol. The van der Waals surface area contributed by atoms with Crippen LogP contribution in [-0.2, 0) is 64.5 Å². The molecule has 786 valence electrons. The van der Waals surface area contributed by atoms with Gasteiger partial charge in [0.05, 0.1) is 76.2 Å². The number of nitrogens with one attached hydrogen (secondary N) is 2. The van der Waals surface area contributed by atoms with E-state index in [0.29, 0.717) is 26.9 Å². The van der Waals surface area contributed by atoms with Gasteiger partial charge in [0.25, 0.3) is 0 Å². The van der Waals surface area contributed by atoms with Crippen molar-refractivity contribution in [1.82, 2.24) is 121 Å². The fraction of sp³-hybridized carbons (Fsp3) is 0.500. The molecule has 0 spiro atoms. The molecule has 0 aliphatic heterocycles. The zero-order valence-electron chi connectivity index (χ0n) is 86.4. The Bertz CT molecular complexity index is 6200. The van der Waals surface area contributed by atoms with Crippen molar-refractivity contribution in [2.24, 2.45) is 34.1 Å². The molecule has 0 radical (unpaired) electrons. The van der Waals surface area contributed by atoms with Crippen LogP contribution < -0.4 is 67.6 Å². The predicted molar refractivity (Wildman–Crippen MR) is 603 cm³/mol. The molecule has 0 amide bonds. The molecule has 1 atom stereocenters. The number of carbonyl (C=O) groups is 2. The fourth-order valence-corrected chi connectivity index (χ4v) is 16.8. The number of aromatic amines is 1. The maximum atomic E-state index is 11.9. The van der Waals surface area contributed by atoms with E-state index < -0.39 is 23.5 Å². The summed E-state index contributed by atoms with van der Waals surface area (Å²) in [4.78, 5) is 89.6. The summed E-state index contributed by atoms with van der Waals surface area (Å²) in [7, 11) is 14.7. The van der Waals surface area contributed by atoms with Crippen LogP contribution in [0.25, 0.3) is 22.6 Å². The van der Waals surface area contributed by atoms with Gasteiger partial charge in [-0.25, -0.2) is 68.6 Å². The molecule has 0 aromatic carbocycles. The first-order chi connectivity index (χ1) is 66.0. The van der Waals surface area contributed by atoms with Gasteiger partial charge < -0.3 is 78.5 Å². The number of ether oxygens (including phenoxy) is 5. The van der Waals surface area contributed by atoms with Gasteiger partial charge in [0.1, 0.15) is 39.9 Å². The van der Waals surface area contributed by atoms with Crippen LogP contribution >= 0.6 is 138 Å². The molecule has 15 rings (SSSR count). The van der Waals surface area contributed by atoms with Gasteiger partial charge in [-0.2, -0.15) is 31.6 Å². The van der Waals surface area contributed by atoms with E-state index in [9.17, 15) is 14.4 Å². The molecule has 1 unspecified atom stereocenters. The van der Waals surface area contributed by atoms with Crippen molar-refractivity contribution >= 4 is 237 Å². The van der Waals surface area contributed by atoms with E-state index in [1.165, 1.54) is 68.6 Å². The number of imidazole rings is 4. The van der Waals surface area contributed by atoms with Gasteiger partial charge in [-0.3, -0.25) is 31.9 Å². The minimum Gasteiger partial charge on any atom is -0.796 e. The largest absolute Gasteiger partial charge is 1.00 e. The molecule has 14 aromatic rings. The number of anilines is 9. The van der Waals surface area contributed by atoms with Crippen LogP contribution in [0.4, 0.5) is 61.0 Å². The third-order valence-electron chi connectivity index (χ3n) is 19.5. The van der Waals surface area contributed by atoms with Crippen LogP contribution in [0.5, 0.6) is 0 Å². The summed E-state index contributed by atoms with van der Waals surface area (Å²) in [6.07, 6.45) is 38.4. The third kappa shape index (κ3) is 42.4. The number of hydrogen-bond acceptors (Lipinski definition) is 35. The first-order valence-corrected chi connectivity index (χ1v) is 54.1. The van der Waals surface area contributed by atoms with Crippen molar-refractivity contribution in [3.63, 3.8) is 0 Å². The molecule has 0 bridgehead atoms. The second-order valence-electron chi connectivity index (χ2n) is 32.5. The van der Waals surface area contributed by atoms with Gasteiger partial charge in [-0.15, -0.1) is 0 Å². The van der Waals surface area contributed by atoms with Crippen LogP contribution in [0.2, 0.25) is 5.28 Å². The fourth-order valence-electron chi connectivity index (χ4n) is 12.7. The summed E-state index contributed by atoms with van der Waals surface area (Å²) in [6.45, 7) is 37.9. The van der Waals surface area contributed by atoms with E-state index in [1.807, 2.05) is 193 Å². The Hall–Kier alpha value is -7.86. The Morgan fingerprint density at radius 3 is 1.28 bits per heavy atom. The maximum absolute atomic E-state index is 11.9. The van der Waals surface area contributed by atoms with Crippen LogP contribution in [0.1, 0.15) is 155 Å². The number of aromatic nitrogens is 24. The zero-order valence-corrected chi connectivity index (χ0v) is 101. The van der Waals surface area contributed by atoms with E-state index in [1.54, 1.807) is 147 Å². The Morgan fingerprint density at radius 2 is 0.923 bits per heavy atom. The number of nitrogens with zero attached hydrogens (tertiary/aromatic N) is 26. The molecule has 8 N–H and O–H groups in total. The van der Waals surface area contributed by atoms with E-state index in [-0.39, 0.29) is 66.5 Å². The molecule has 1 aliphatic rings. The SMILES string of the molecule is BrCC1CCCC1.C.C.CC(C)(C)OC(=O)OC(=O)OC(C)(C)C.CCN(CC)CC.COC(OC)C(C)Br.CSc1ncc(Br)c(N)n1.CSc1ncc(Br)c2ncc(C)n12.CSc1ncc(N(C)c2cn(C)nc2C)c2ncc(C)n12.CSc1ncc(Nc2cn(C)nc2C)c2ncc(C)n12.C[S-].Cc1nn(C)cc1N.Cc1nn(C)cc1N(C)c1c[nH]c(=O)n2c(C)cnc12.Nc1nc(Cl)ncc1Br.[Na+]. The number of fused-ring (bicyclic) bond motifs is 4. The average molecular weight is 2430 g/mol. The molecule has 1 aliphatic carbocycles. The molecule has 39 nitrogen and oxygen atoms in total. The number of nitrogen functional groups attached to an aromatic ring is 3. The average Bonchev–Trinajstić information content (AvgIpc) is 1.64. The smallest absolute Gasteiger partial charge is 0.796 e. The Kier molecular flexibility index (Phi) is 61.2. The quantitative estimate of drug-likeness (QED) is 0.00826. The van der Waals surface area contributed by atoms with Gasteiger partial charge >= 0.3 is 47.6 Å². The van der Waals surface area contributed by atoms with Crippen LogP contribution in [0, 0.1) is 61.3 Å². The first kappa shape index (κ1) is 133. The molecule has 1 fully saturated rings. The predicted octanol–water partition coefficient (Wildman–Crippen LogP) is 18.7. The van der Waals surface area contributed by atoms with Crippen LogP contribution in [0.3, 0.4) is 0 Å². The molecule has 0 saturated heterocycles. The summed E-state index contributed by atoms with van der Waals surface area (Å²) in [5.41, 5.74) is 32.3. The number of nitrogens with two attached hydrogens (primary N) is 3. The molecule has 51 heteroatoms. The van der Waals surface area contributed by atoms with Crippen LogP contribution in [0.15, 0.2) is 126 Å². The summed E-state index contributed by atoms with van der Waals surface area (Å²) >= 11 is 32.3. The molecule has 1 saturated carbocycles. The number of carbonyl (C=O) groups excluding carboxylic acids is 2. The van der Waals surface area contributed by atoms with Crippen molar-refractivity contribution in [1.29, 1.82) is 0 Å². The maximum Gasteiger partial charge on any atom is 1.00 e. The topological polar surface area (TPSA) is 444 Å². The van der Waals surface area contributed by atoms with Crippen molar-refractivity contribution in [2.45, 2.75) is 208 Å². The summed E-state index contributed by atoms with van der Waals surface area (Å²) in [5.74, 6) is 1.86. The van der Waals surface area contributed by atoms with Gasteiger partial charge in [0.2, 0.25) is 5.28 Å². The number of halogens is 6. The standard InChI is InChI=1S/C14H18N6S.C13H16N6O.C13H16N6S.C10H18O5.C8H8BrN3S.C6H11Br.C6H15N.C5H6BrN3S.C5H11BrO2.C5H9N3.C4H3BrClN3.CH4S.2CH4.Na/c1-9-6-15-13-11(7-16-14(21-5)20(9)13)19(4)12-8-18(3)17-10(12)2;1-8-5-14-12-10(6-15-13(20)19(8)12)18(4)11-7-17(3)16-9(11)2;1-8-5-14-12-10(6-15-13(20-4)19(8)12)16-11-7-18(3)17-9(11)2;1-9(2,3)14-7(11)13-8(12)15-10(4,5)6;1-5-3-10-7-6(9)4-11-8(13-2)12(5)7;7-5-6-3-1-2-4-6;1-4-7(5-2)6-3;1-10-5-8-2-3(6)4(7)9-5;1-4(6)5(7-2)8-3;1-4-5(6)3-8(2)7-4;5-2-1-8-4(6)9-3(2)7;1-2;;;/h6-8H,1-5H3;5-7H,1-4H3,(H,15,20);5-7,16H,1-4H3;1-6H3;3-4H,1-2H3;6H,1-5H2;4-6H2,1-3H3;2H,1H3,(H2,7,8,9);4-5H,1-3H3;3H,6H2,1-2H3;1H,(H2,7,8,9);2H,1H3;2*1H4;/q;;;;;;;;;;;;;;+1/p-1. The zero-order chi connectivity index (χ0) is 105. The number of hydrogen-bond donors (Lipinski definition) is 5. The Labute approximate surface area is 933 Å². The van der Waals surface area contributed by atoms with E-state index in [4.69, 9.17) is 47.7 Å². The molecule has 14 aromatic heterocycles. The molecule has 14 heterocycles. The monoisotopic (exact) mass is 2420 g/mol. The van der Waals surface area contributed by atoms with Gasteiger partial charge in [-0.1, -0.05) is 127 Å². The number of rotatable bonds is 17. The first-order valence-electron chi connectivity index (χ1n) is 43.6. The van der Waals surface area contributed by atoms with Gasteiger partial charge in [0.15, 0.2) is 49.5 Å². The minimum absolute atomic E-state index is 0. The van der Waals surface area contributed by atoms with Crippen molar-refractivity contribution < 1.29 is 62.8 Å². The Balaban J connectivity index is 0.000000800. The second-order valence-corrected chi connectivity index (χ2v) is 40.6. The minimum atomic E-state index is -1.06. The van der Waals surface area contributed by atoms with Crippen molar-refractivity contribution in [3.8, 4) is 0 Å². The third-order valence-corrected chi connectivity index (χ3v) is 25.3. The number of thioether (sulfide) groups is 4. The summed E-state index contributed by atoms with van der Waals surface area (Å²) in [6, 6.07) is 0.